The quantitative estimate of drug-likeness (QED) is 0.330. The standard InChI is InChI=1S/C32H38N6O3/c1-5-10-28-27(30(39)38(31(33-6-2)36(28)4)24-17-19-37(7-3)20-18-24)21-22-13-15-23(16-14-22)25-11-8-9-12-26(25)29-34-32(40)41-35-29/h6,8-9,11-16,24H,2,5,7,10,17-21H2,1,3-4H3,(H,34,35,40). The topological polar surface area (TPSA) is 101 Å². The van der Waals surface area contributed by atoms with Crippen molar-refractivity contribution < 1.29 is 4.52 Å². The maximum atomic E-state index is 14.3. The van der Waals surface area contributed by atoms with E-state index in [-0.39, 0.29) is 11.6 Å². The second-order valence-corrected chi connectivity index (χ2v) is 10.5. The molecule has 9 heteroatoms. The maximum absolute atomic E-state index is 14.3. The van der Waals surface area contributed by atoms with E-state index in [1.54, 1.807) is 0 Å². The van der Waals surface area contributed by atoms with Crippen LogP contribution in [0.2, 0.25) is 0 Å². The minimum atomic E-state index is -0.588. The monoisotopic (exact) mass is 554 g/mol. The molecule has 2 aromatic carbocycles. The van der Waals surface area contributed by atoms with Gasteiger partial charge in [-0.2, -0.15) is 0 Å². The normalized spacial score (nSPS) is 15.0. The van der Waals surface area contributed by atoms with Crippen molar-refractivity contribution in [1.29, 1.82) is 0 Å². The zero-order chi connectivity index (χ0) is 28.9. The first-order valence-electron chi connectivity index (χ1n) is 14.4. The van der Waals surface area contributed by atoms with Gasteiger partial charge in [-0.15, -0.1) is 0 Å². The summed E-state index contributed by atoms with van der Waals surface area (Å²) in [7, 11) is 2.02. The van der Waals surface area contributed by atoms with E-state index in [4.69, 9.17) is 4.52 Å². The number of aromatic nitrogens is 4. The molecule has 0 unspecified atom stereocenters. The van der Waals surface area contributed by atoms with E-state index < -0.39 is 5.76 Å². The summed E-state index contributed by atoms with van der Waals surface area (Å²) in [6, 6.07) is 16.1. The van der Waals surface area contributed by atoms with Crippen LogP contribution < -0.4 is 16.9 Å². The zero-order valence-corrected chi connectivity index (χ0v) is 24.1. The lowest BCUT2D eigenvalue weighted by molar-refractivity contribution is 0.187. The van der Waals surface area contributed by atoms with Gasteiger partial charge in [-0.05, 0) is 42.5 Å². The van der Waals surface area contributed by atoms with Crippen LogP contribution in [0, 0.1) is 0 Å². The van der Waals surface area contributed by atoms with Crippen LogP contribution in [0.5, 0.6) is 0 Å². The predicted octanol–water partition coefficient (Wildman–Crippen LogP) is 4.44. The van der Waals surface area contributed by atoms with Gasteiger partial charge in [0.1, 0.15) is 0 Å². The smallest absolute Gasteiger partial charge is 0.318 e. The molecule has 1 saturated heterocycles. The van der Waals surface area contributed by atoms with Crippen molar-refractivity contribution in [3.63, 3.8) is 0 Å². The molecule has 0 aliphatic carbocycles. The number of hydrogen-bond acceptors (Lipinski definition) is 6. The first kappa shape index (κ1) is 28.3. The predicted molar refractivity (Wildman–Crippen MR) is 161 cm³/mol. The van der Waals surface area contributed by atoms with Gasteiger partial charge < -0.3 is 9.47 Å². The van der Waals surface area contributed by atoms with E-state index in [1.807, 2.05) is 48.0 Å². The summed E-state index contributed by atoms with van der Waals surface area (Å²) in [5, 5.41) is 3.87. The Morgan fingerprint density at radius 2 is 1.78 bits per heavy atom. The first-order chi connectivity index (χ1) is 19.9. The Balaban J connectivity index is 1.54. The SMILES string of the molecule is C=CN=c1n(C)c(CCC)c(Cc2ccc(-c3ccccc3-c3noc(=O)[nH]3)cc2)c(=O)n1C1CCN(CC)CC1. The number of nitrogens with one attached hydrogen (secondary N) is 1. The van der Waals surface area contributed by atoms with Crippen LogP contribution in [0.15, 0.2) is 80.4 Å². The van der Waals surface area contributed by atoms with Gasteiger partial charge >= 0.3 is 5.76 Å². The lowest BCUT2D eigenvalue weighted by Crippen LogP contribution is -2.48. The first-order valence-corrected chi connectivity index (χ1v) is 14.4. The number of nitrogens with zero attached hydrogens (tertiary/aromatic N) is 5. The molecule has 0 radical (unpaired) electrons. The molecular weight excluding hydrogens is 516 g/mol. The largest absolute Gasteiger partial charge is 0.439 e. The van der Waals surface area contributed by atoms with E-state index in [9.17, 15) is 9.59 Å². The van der Waals surface area contributed by atoms with E-state index in [0.717, 1.165) is 78.8 Å². The van der Waals surface area contributed by atoms with Crippen molar-refractivity contribution in [2.45, 2.75) is 52.0 Å². The second kappa shape index (κ2) is 12.5. The van der Waals surface area contributed by atoms with Gasteiger partial charge in [0.25, 0.3) is 5.56 Å². The van der Waals surface area contributed by atoms with Crippen molar-refractivity contribution in [2.24, 2.45) is 12.0 Å². The fourth-order valence-electron chi connectivity index (χ4n) is 5.92. The molecule has 3 heterocycles. The highest BCUT2D eigenvalue weighted by Crippen LogP contribution is 2.30. The third-order valence-corrected chi connectivity index (χ3v) is 8.08. The van der Waals surface area contributed by atoms with Crippen molar-refractivity contribution in [3.8, 4) is 22.5 Å². The van der Waals surface area contributed by atoms with Crippen molar-refractivity contribution >= 4 is 0 Å². The van der Waals surface area contributed by atoms with Crippen molar-refractivity contribution in [1.82, 2.24) is 24.2 Å². The molecule has 1 fully saturated rings. The Hall–Kier alpha value is -4.24. The summed E-state index contributed by atoms with van der Waals surface area (Å²) >= 11 is 0. The highest BCUT2D eigenvalue weighted by molar-refractivity contribution is 5.80. The lowest BCUT2D eigenvalue weighted by atomic mass is 9.96. The van der Waals surface area contributed by atoms with Crippen LogP contribution in [0.25, 0.3) is 22.5 Å². The number of piperidine rings is 1. The molecule has 5 rings (SSSR count). The van der Waals surface area contributed by atoms with Crippen LogP contribution in [-0.2, 0) is 19.9 Å². The summed E-state index contributed by atoms with van der Waals surface area (Å²) in [4.78, 5) is 35.5. The molecule has 0 bridgehead atoms. The highest BCUT2D eigenvalue weighted by Gasteiger charge is 2.25. The molecule has 214 valence electrons. The number of aromatic amines is 1. The number of hydrogen-bond donors (Lipinski definition) is 1. The van der Waals surface area contributed by atoms with Crippen molar-refractivity contribution in [2.75, 3.05) is 19.6 Å². The molecule has 1 N–H and O–H groups in total. The molecule has 0 atom stereocenters. The molecule has 1 aliphatic heterocycles. The number of benzene rings is 2. The molecule has 0 amide bonds. The van der Waals surface area contributed by atoms with Crippen LogP contribution in [0.1, 0.15) is 56.0 Å². The Kier molecular flexibility index (Phi) is 8.64. The Labute approximate surface area is 239 Å². The molecule has 2 aromatic heterocycles. The van der Waals surface area contributed by atoms with Crippen molar-refractivity contribution in [3.05, 3.63) is 105 Å². The fourth-order valence-corrected chi connectivity index (χ4v) is 5.92. The third-order valence-electron chi connectivity index (χ3n) is 8.08. The van der Waals surface area contributed by atoms with Gasteiger partial charge in [0, 0.05) is 55.6 Å². The van der Waals surface area contributed by atoms with Crippen LogP contribution >= 0.6 is 0 Å². The Morgan fingerprint density at radius 3 is 2.39 bits per heavy atom. The maximum Gasteiger partial charge on any atom is 0.439 e. The Bertz CT molecular complexity index is 1700. The van der Waals surface area contributed by atoms with Gasteiger partial charge in [-0.1, -0.05) is 80.5 Å². The van der Waals surface area contributed by atoms with Crippen LogP contribution in [0.4, 0.5) is 0 Å². The summed E-state index contributed by atoms with van der Waals surface area (Å²) in [6.07, 6.45) is 5.62. The minimum Gasteiger partial charge on any atom is -0.318 e. The van der Waals surface area contributed by atoms with E-state index in [0.29, 0.717) is 17.9 Å². The zero-order valence-electron chi connectivity index (χ0n) is 24.1. The molecule has 1 aliphatic rings. The third kappa shape index (κ3) is 5.81. The number of H-pyrrole nitrogens is 1. The van der Waals surface area contributed by atoms with Crippen LogP contribution in [-0.4, -0.2) is 43.8 Å². The van der Waals surface area contributed by atoms with Crippen LogP contribution in [0.3, 0.4) is 0 Å². The minimum absolute atomic E-state index is 0.0477. The van der Waals surface area contributed by atoms with Gasteiger partial charge in [-0.3, -0.25) is 18.9 Å². The van der Waals surface area contributed by atoms with E-state index in [1.165, 1.54) is 6.20 Å². The fraction of sp³-hybridized carbons (Fsp3) is 0.375. The highest BCUT2D eigenvalue weighted by atomic mass is 16.5. The molecule has 41 heavy (non-hydrogen) atoms. The van der Waals surface area contributed by atoms with Gasteiger partial charge in [0.2, 0.25) is 5.62 Å². The number of likely N-dealkylation sites (tertiary alicyclic amines) is 1. The average Bonchev–Trinajstić information content (AvgIpc) is 3.44. The summed E-state index contributed by atoms with van der Waals surface area (Å²) < 4.78 is 8.74. The summed E-state index contributed by atoms with van der Waals surface area (Å²) in [5.41, 5.74) is 6.30. The average molecular weight is 555 g/mol. The lowest BCUT2D eigenvalue weighted by Gasteiger charge is -2.33. The Morgan fingerprint density at radius 1 is 1.07 bits per heavy atom. The molecule has 4 aromatic rings. The van der Waals surface area contributed by atoms with Gasteiger partial charge in [-0.25, -0.2) is 9.79 Å². The molecule has 9 nitrogen and oxygen atoms in total. The summed E-state index contributed by atoms with van der Waals surface area (Å²) in [6.45, 7) is 11.1. The molecule has 0 saturated carbocycles. The van der Waals surface area contributed by atoms with E-state index in [2.05, 4.69) is 57.2 Å². The molecular formula is C32H38N6O3. The van der Waals surface area contributed by atoms with Gasteiger partial charge in [0.05, 0.1) is 0 Å². The second-order valence-electron chi connectivity index (χ2n) is 10.5. The summed E-state index contributed by atoms with van der Waals surface area (Å²) in [5.74, 6) is -0.198. The van der Waals surface area contributed by atoms with E-state index >= 15 is 0 Å². The number of rotatable bonds is 9. The molecule has 0 spiro atoms. The van der Waals surface area contributed by atoms with Gasteiger partial charge in [0.15, 0.2) is 5.82 Å².